The highest BCUT2D eigenvalue weighted by Crippen LogP contribution is 2.17. The van der Waals surface area contributed by atoms with Crippen LogP contribution in [0.1, 0.15) is 21.6 Å². The van der Waals surface area contributed by atoms with Gasteiger partial charge >= 0.3 is 0 Å². The molecule has 3 aromatic rings. The van der Waals surface area contributed by atoms with Crippen molar-refractivity contribution in [3.8, 4) is 0 Å². The third-order valence-electron chi connectivity index (χ3n) is 3.65. The van der Waals surface area contributed by atoms with Crippen molar-refractivity contribution in [1.82, 2.24) is 9.78 Å². The summed E-state index contributed by atoms with van der Waals surface area (Å²) in [6, 6.07) is 12.8. The zero-order valence-corrected chi connectivity index (χ0v) is 13.3. The molecule has 0 unspecified atom stereocenters. The molecule has 2 aromatic carbocycles. The maximum absolute atomic E-state index is 12.6. The first-order chi connectivity index (χ1) is 11.0. The number of hydrogen-bond donors (Lipinski definition) is 1. The third-order valence-corrected chi connectivity index (χ3v) is 3.65. The third kappa shape index (κ3) is 2.85. The maximum atomic E-state index is 12.6. The Morgan fingerprint density at radius 1 is 1.04 bits per heavy atom. The van der Waals surface area contributed by atoms with Crippen LogP contribution in [-0.2, 0) is 7.05 Å². The molecule has 1 heterocycles. The van der Waals surface area contributed by atoms with Crippen molar-refractivity contribution in [2.24, 2.45) is 7.05 Å². The highest BCUT2D eigenvalue weighted by Gasteiger charge is 2.15. The van der Waals surface area contributed by atoms with Crippen molar-refractivity contribution < 1.29 is 4.79 Å². The van der Waals surface area contributed by atoms with Gasteiger partial charge < -0.3 is 5.32 Å². The van der Waals surface area contributed by atoms with E-state index in [1.54, 1.807) is 31.3 Å². The van der Waals surface area contributed by atoms with Crippen LogP contribution in [0.4, 0.5) is 5.69 Å². The summed E-state index contributed by atoms with van der Waals surface area (Å²) in [6.45, 7) is 3.95. The van der Waals surface area contributed by atoms with Crippen molar-refractivity contribution in [2.75, 3.05) is 5.32 Å². The molecule has 1 aromatic heterocycles. The van der Waals surface area contributed by atoms with Crippen molar-refractivity contribution in [3.63, 3.8) is 0 Å². The molecule has 0 spiro atoms. The van der Waals surface area contributed by atoms with Crippen molar-refractivity contribution in [3.05, 3.63) is 69.6 Å². The molecule has 5 nitrogen and oxygen atoms in total. The number of aryl methyl sites for hydroxylation is 3. The smallest absolute Gasteiger partial charge is 0.276 e. The molecule has 0 saturated carbocycles. The number of nitrogens with zero attached hydrogens (tertiary/aromatic N) is 2. The van der Waals surface area contributed by atoms with E-state index in [4.69, 9.17) is 0 Å². The highest BCUT2D eigenvalue weighted by molar-refractivity contribution is 6.11. The van der Waals surface area contributed by atoms with Gasteiger partial charge in [0.2, 0.25) is 0 Å². The van der Waals surface area contributed by atoms with E-state index in [-0.39, 0.29) is 17.2 Å². The number of carbonyl (C=O) groups excluding carboxylic acids is 1. The van der Waals surface area contributed by atoms with Crippen LogP contribution < -0.4 is 10.9 Å². The van der Waals surface area contributed by atoms with Gasteiger partial charge in [0, 0.05) is 18.1 Å². The minimum atomic E-state index is -0.332. The number of nitrogens with one attached hydrogen (secondary N) is 1. The van der Waals surface area contributed by atoms with Gasteiger partial charge in [0.05, 0.1) is 5.39 Å². The van der Waals surface area contributed by atoms with Crippen molar-refractivity contribution in [1.29, 1.82) is 0 Å². The van der Waals surface area contributed by atoms with Crippen LogP contribution in [0.2, 0.25) is 0 Å². The topological polar surface area (TPSA) is 64.0 Å². The van der Waals surface area contributed by atoms with Gasteiger partial charge in [-0.3, -0.25) is 9.59 Å². The second-order valence-corrected chi connectivity index (χ2v) is 5.65. The van der Waals surface area contributed by atoms with Crippen LogP contribution >= 0.6 is 0 Å². The molecule has 0 radical (unpaired) electrons. The Labute approximate surface area is 133 Å². The minimum Gasteiger partial charge on any atom is -0.321 e. The number of aromatic nitrogens is 2. The van der Waals surface area contributed by atoms with Gasteiger partial charge in [0.1, 0.15) is 0 Å². The average Bonchev–Trinajstić information content (AvgIpc) is 2.49. The largest absolute Gasteiger partial charge is 0.321 e. The lowest BCUT2D eigenvalue weighted by molar-refractivity contribution is 0.102. The lowest BCUT2D eigenvalue weighted by atomic mass is 10.1. The molecule has 0 bridgehead atoms. The second-order valence-electron chi connectivity index (χ2n) is 5.65. The molecule has 3 rings (SSSR count). The van der Waals surface area contributed by atoms with E-state index < -0.39 is 0 Å². The molecule has 0 aliphatic heterocycles. The summed E-state index contributed by atoms with van der Waals surface area (Å²) in [7, 11) is 1.54. The molecule has 0 aliphatic carbocycles. The van der Waals surface area contributed by atoms with E-state index in [2.05, 4.69) is 10.4 Å². The SMILES string of the molecule is Cc1cc(C)cc(NC(=O)c2nn(C)c(=O)c3ccccc23)c1. The highest BCUT2D eigenvalue weighted by atomic mass is 16.2. The predicted octanol–water partition coefficient (Wildman–Crippen LogP) is 2.80. The number of hydrogen-bond acceptors (Lipinski definition) is 3. The van der Waals surface area contributed by atoms with E-state index in [0.29, 0.717) is 16.5 Å². The summed E-state index contributed by atoms with van der Waals surface area (Å²) in [6.07, 6.45) is 0. The normalized spacial score (nSPS) is 10.7. The zero-order chi connectivity index (χ0) is 16.6. The molecule has 1 N–H and O–H groups in total. The molecular formula is C18H17N3O2. The van der Waals surface area contributed by atoms with Gasteiger partial charge in [-0.15, -0.1) is 0 Å². The maximum Gasteiger partial charge on any atom is 0.276 e. The van der Waals surface area contributed by atoms with Crippen LogP contribution in [0.15, 0.2) is 47.3 Å². The van der Waals surface area contributed by atoms with E-state index in [0.717, 1.165) is 11.1 Å². The molecular weight excluding hydrogens is 290 g/mol. The summed E-state index contributed by atoms with van der Waals surface area (Å²) in [4.78, 5) is 24.7. The molecule has 0 aliphatic rings. The monoisotopic (exact) mass is 307 g/mol. The number of fused-ring (bicyclic) bond motifs is 1. The Kier molecular flexibility index (Phi) is 3.70. The zero-order valence-electron chi connectivity index (χ0n) is 13.3. The Balaban J connectivity index is 2.08. The van der Waals surface area contributed by atoms with Gasteiger partial charge in [-0.1, -0.05) is 24.3 Å². The van der Waals surface area contributed by atoms with E-state index >= 15 is 0 Å². The number of amides is 1. The van der Waals surface area contributed by atoms with Gasteiger partial charge in [-0.25, -0.2) is 4.68 Å². The second kappa shape index (κ2) is 5.68. The Bertz CT molecular complexity index is 953. The van der Waals surface area contributed by atoms with Crippen LogP contribution in [0.3, 0.4) is 0 Å². The molecule has 1 amide bonds. The molecule has 0 atom stereocenters. The average molecular weight is 307 g/mol. The number of benzene rings is 2. The summed E-state index contributed by atoms with van der Waals surface area (Å²) in [5, 5.41) is 8.03. The van der Waals surface area contributed by atoms with Gasteiger partial charge in [-0.05, 0) is 43.2 Å². The minimum absolute atomic E-state index is 0.219. The lowest BCUT2D eigenvalue weighted by Crippen LogP contribution is -2.25. The van der Waals surface area contributed by atoms with Crippen LogP contribution in [0.5, 0.6) is 0 Å². The van der Waals surface area contributed by atoms with Crippen molar-refractivity contribution >= 4 is 22.4 Å². The predicted molar refractivity (Wildman–Crippen MR) is 90.9 cm³/mol. The molecule has 0 fully saturated rings. The van der Waals surface area contributed by atoms with Gasteiger partial charge in [0.25, 0.3) is 11.5 Å². The first-order valence-electron chi connectivity index (χ1n) is 7.31. The standard InChI is InChI=1S/C18H17N3O2/c1-11-8-12(2)10-13(9-11)19-17(22)16-14-6-4-5-7-15(14)18(23)21(3)20-16/h4-10H,1-3H3,(H,19,22). The van der Waals surface area contributed by atoms with E-state index in [1.807, 2.05) is 32.0 Å². The van der Waals surface area contributed by atoms with E-state index in [1.165, 1.54) is 4.68 Å². The Morgan fingerprint density at radius 2 is 1.65 bits per heavy atom. The summed E-state index contributed by atoms with van der Waals surface area (Å²) >= 11 is 0. The quantitative estimate of drug-likeness (QED) is 0.792. The van der Waals surface area contributed by atoms with Crippen LogP contribution in [0.25, 0.3) is 10.8 Å². The number of carbonyl (C=O) groups is 1. The number of anilines is 1. The Morgan fingerprint density at radius 3 is 2.30 bits per heavy atom. The molecule has 116 valence electrons. The van der Waals surface area contributed by atoms with Gasteiger partial charge in [0.15, 0.2) is 5.69 Å². The van der Waals surface area contributed by atoms with Gasteiger partial charge in [-0.2, -0.15) is 5.10 Å². The lowest BCUT2D eigenvalue weighted by Gasteiger charge is -2.10. The fourth-order valence-corrected chi connectivity index (χ4v) is 2.70. The summed E-state index contributed by atoms with van der Waals surface area (Å²) < 4.78 is 1.19. The number of rotatable bonds is 2. The van der Waals surface area contributed by atoms with Crippen LogP contribution in [-0.4, -0.2) is 15.7 Å². The summed E-state index contributed by atoms with van der Waals surface area (Å²) in [5.41, 5.74) is 2.87. The fourth-order valence-electron chi connectivity index (χ4n) is 2.70. The first kappa shape index (κ1) is 15.0. The molecule has 5 heteroatoms. The Hall–Kier alpha value is -2.95. The first-order valence-corrected chi connectivity index (χ1v) is 7.31. The summed E-state index contributed by atoms with van der Waals surface area (Å²) in [5.74, 6) is -0.332. The fraction of sp³-hybridized carbons (Fsp3) is 0.167. The van der Waals surface area contributed by atoms with Crippen molar-refractivity contribution in [2.45, 2.75) is 13.8 Å². The van der Waals surface area contributed by atoms with Crippen LogP contribution in [0, 0.1) is 13.8 Å². The molecule has 23 heavy (non-hydrogen) atoms. The molecule has 0 saturated heterocycles. The van der Waals surface area contributed by atoms with E-state index in [9.17, 15) is 9.59 Å².